The molecule has 0 spiro atoms. The molecule has 1 aliphatic rings. The summed E-state index contributed by atoms with van der Waals surface area (Å²) in [7, 11) is 0. The van der Waals surface area contributed by atoms with E-state index in [0.29, 0.717) is 0 Å². The van der Waals surface area contributed by atoms with E-state index in [1.54, 1.807) is 0 Å². The molecule has 0 amide bonds. The number of hydrogen-bond donors (Lipinski definition) is 1. The second-order valence-electron chi connectivity index (χ2n) is 5.35. The lowest BCUT2D eigenvalue weighted by atomic mass is 10.00. The second kappa shape index (κ2) is 6.53. The number of thiazole rings is 1. The van der Waals surface area contributed by atoms with Crippen LogP contribution >= 0.6 is 11.3 Å². The van der Waals surface area contributed by atoms with Gasteiger partial charge in [0.2, 0.25) is 0 Å². The molecule has 1 aromatic rings. The zero-order valence-corrected chi connectivity index (χ0v) is 12.6. The first-order valence-corrected chi connectivity index (χ1v) is 7.94. The summed E-state index contributed by atoms with van der Waals surface area (Å²) in [6.45, 7) is 11.1. The highest BCUT2D eigenvalue weighted by molar-refractivity contribution is 7.15. The maximum Gasteiger partial charge on any atom is 0.185 e. The Hall–Kier alpha value is -0.610. The molecule has 1 N–H and O–H groups in total. The van der Waals surface area contributed by atoms with E-state index < -0.39 is 0 Å². The maximum atomic E-state index is 4.74. The van der Waals surface area contributed by atoms with Crippen LogP contribution in [0, 0.1) is 12.8 Å². The van der Waals surface area contributed by atoms with Crippen molar-refractivity contribution in [3.05, 3.63) is 10.6 Å². The molecule has 2 heterocycles. The molecule has 18 heavy (non-hydrogen) atoms. The number of anilines is 1. The van der Waals surface area contributed by atoms with Crippen molar-refractivity contribution in [3.63, 3.8) is 0 Å². The third-order valence-electron chi connectivity index (χ3n) is 3.65. The van der Waals surface area contributed by atoms with E-state index in [1.807, 2.05) is 11.3 Å². The van der Waals surface area contributed by atoms with Gasteiger partial charge in [0.25, 0.3) is 0 Å². The van der Waals surface area contributed by atoms with Gasteiger partial charge >= 0.3 is 0 Å². The third kappa shape index (κ3) is 3.45. The van der Waals surface area contributed by atoms with E-state index in [0.717, 1.165) is 19.0 Å². The van der Waals surface area contributed by atoms with Crippen molar-refractivity contribution in [1.82, 2.24) is 10.3 Å². The van der Waals surface area contributed by atoms with Gasteiger partial charge in [-0.2, -0.15) is 0 Å². The van der Waals surface area contributed by atoms with Crippen molar-refractivity contribution < 1.29 is 0 Å². The van der Waals surface area contributed by atoms with Crippen LogP contribution < -0.4 is 10.2 Å². The van der Waals surface area contributed by atoms with Crippen LogP contribution in [0.4, 0.5) is 5.13 Å². The summed E-state index contributed by atoms with van der Waals surface area (Å²) < 4.78 is 0. The van der Waals surface area contributed by atoms with Crippen molar-refractivity contribution >= 4 is 16.5 Å². The average Bonchev–Trinajstić information content (AvgIpc) is 2.72. The summed E-state index contributed by atoms with van der Waals surface area (Å²) in [6, 6.07) is 0. The van der Waals surface area contributed by atoms with E-state index >= 15 is 0 Å². The number of nitrogens with one attached hydrogen (secondary N) is 1. The van der Waals surface area contributed by atoms with Gasteiger partial charge in [-0.15, -0.1) is 11.3 Å². The molecule has 0 saturated carbocycles. The van der Waals surface area contributed by atoms with Crippen LogP contribution in [0.15, 0.2) is 0 Å². The molecule has 3 nitrogen and oxygen atoms in total. The maximum absolute atomic E-state index is 4.74. The van der Waals surface area contributed by atoms with Gasteiger partial charge in [0.1, 0.15) is 0 Å². The highest BCUT2D eigenvalue weighted by atomic mass is 32.1. The molecule has 1 aromatic heterocycles. The van der Waals surface area contributed by atoms with Gasteiger partial charge in [-0.1, -0.05) is 13.8 Å². The number of nitrogens with zero attached hydrogens (tertiary/aromatic N) is 2. The molecule has 1 fully saturated rings. The van der Waals surface area contributed by atoms with Crippen molar-refractivity contribution in [2.75, 3.05) is 24.5 Å². The molecule has 0 aliphatic carbocycles. The van der Waals surface area contributed by atoms with Crippen LogP contribution in [0.25, 0.3) is 0 Å². The number of aromatic nitrogens is 1. The summed E-state index contributed by atoms with van der Waals surface area (Å²) in [6.07, 6.45) is 3.80. The Balaban J connectivity index is 1.95. The van der Waals surface area contributed by atoms with Gasteiger partial charge in [-0.25, -0.2) is 4.98 Å². The first-order chi connectivity index (χ1) is 8.70. The summed E-state index contributed by atoms with van der Waals surface area (Å²) >= 11 is 1.87. The molecule has 1 aliphatic heterocycles. The van der Waals surface area contributed by atoms with Gasteiger partial charge < -0.3 is 10.2 Å². The average molecular weight is 267 g/mol. The Morgan fingerprint density at radius 3 is 2.78 bits per heavy atom. The van der Waals surface area contributed by atoms with Crippen molar-refractivity contribution in [2.45, 2.75) is 46.6 Å². The van der Waals surface area contributed by atoms with Gasteiger partial charge in [0.05, 0.1) is 5.69 Å². The van der Waals surface area contributed by atoms with Gasteiger partial charge in [-0.05, 0) is 38.6 Å². The minimum Gasteiger partial charge on any atom is -0.348 e. The highest BCUT2D eigenvalue weighted by Crippen LogP contribution is 2.29. The second-order valence-corrected chi connectivity index (χ2v) is 6.41. The molecule has 4 heteroatoms. The summed E-state index contributed by atoms with van der Waals surface area (Å²) in [5.41, 5.74) is 1.21. The van der Waals surface area contributed by atoms with Gasteiger partial charge in [0, 0.05) is 24.5 Å². The van der Waals surface area contributed by atoms with Crippen LogP contribution in [0.2, 0.25) is 0 Å². The Kier molecular flexibility index (Phi) is 5.01. The topological polar surface area (TPSA) is 28.2 Å². The number of hydrogen-bond acceptors (Lipinski definition) is 4. The van der Waals surface area contributed by atoms with Crippen LogP contribution in [-0.2, 0) is 6.54 Å². The van der Waals surface area contributed by atoms with Crippen LogP contribution in [0.3, 0.4) is 0 Å². The molecule has 2 rings (SSSR count). The quantitative estimate of drug-likeness (QED) is 0.831. The lowest BCUT2D eigenvalue weighted by Crippen LogP contribution is -2.32. The summed E-state index contributed by atoms with van der Waals surface area (Å²) in [5.74, 6) is 0.882. The first-order valence-electron chi connectivity index (χ1n) is 7.12. The SMILES string of the molecule is CCCNCc1sc(N2CCC(C)CC2)nc1C. The predicted octanol–water partition coefficient (Wildman–Crippen LogP) is 3.19. The molecule has 0 radical (unpaired) electrons. The smallest absolute Gasteiger partial charge is 0.185 e. The van der Waals surface area contributed by atoms with Crippen LogP contribution in [-0.4, -0.2) is 24.6 Å². The van der Waals surface area contributed by atoms with Gasteiger partial charge in [0.15, 0.2) is 5.13 Å². The lowest BCUT2D eigenvalue weighted by molar-refractivity contribution is 0.438. The van der Waals surface area contributed by atoms with Crippen molar-refractivity contribution in [2.24, 2.45) is 5.92 Å². The highest BCUT2D eigenvalue weighted by Gasteiger charge is 2.19. The molecule has 0 bridgehead atoms. The minimum atomic E-state index is 0.882. The molecule has 0 unspecified atom stereocenters. The summed E-state index contributed by atoms with van der Waals surface area (Å²) in [5, 5.41) is 4.70. The monoisotopic (exact) mass is 267 g/mol. The molecule has 102 valence electrons. The van der Waals surface area contributed by atoms with Gasteiger partial charge in [-0.3, -0.25) is 0 Å². The number of aryl methyl sites for hydroxylation is 1. The fourth-order valence-electron chi connectivity index (χ4n) is 2.29. The Bertz CT molecular complexity index is 367. The molecular formula is C14H25N3S. The summed E-state index contributed by atoms with van der Waals surface area (Å²) in [4.78, 5) is 8.60. The molecule has 0 aromatic carbocycles. The molecule has 1 saturated heterocycles. The lowest BCUT2D eigenvalue weighted by Gasteiger charge is -2.29. The normalized spacial score (nSPS) is 17.4. The Morgan fingerprint density at radius 2 is 2.11 bits per heavy atom. The molecular weight excluding hydrogens is 242 g/mol. The standard InChI is InChI=1S/C14H25N3S/c1-4-7-15-10-13-12(3)16-14(18-13)17-8-5-11(2)6-9-17/h11,15H,4-10H2,1-3H3. The zero-order valence-electron chi connectivity index (χ0n) is 11.8. The Labute approximate surface area is 115 Å². The predicted molar refractivity (Wildman–Crippen MR) is 79.5 cm³/mol. The fraction of sp³-hybridized carbons (Fsp3) is 0.786. The third-order valence-corrected chi connectivity index (χ3v) is 4.87. The Morgan fingerprint density at radius 1 is 1.39 bits per heavy atom. The van der Waals surface area contributed by atoms with E-state index in [9.17, 15) is 0 Å². The van der Waals surface area contributed by atoms with Crippen molar-refractivity contribution in [3.8, 4) is 0 Å². The van der Waals surface area contributed by atoms with E-state index in [2.05, 4.69) is 31.0 Å². The van der Waals surface area contributed by atoms with Crippen LogP contribution in [0.5, 0.6) is 0 Å². The largest absolute Gasteiger partial charge is 0.348 e. The zero-order chi connectivity index (χ0) is 13.0. The molecule has 0 atom stereocenters. The van der Waals surface area contributed by atoms with Crippen LogP contribution in [0.1, 0.15) is 43.7 Å². The van der Waals surface area contributed by atoms with E-state index in [-0.39, 0.29) is 0 Å². The first kappa shape index (κ1) is 13.8. The van der Waals surface area contributed by atoms with E-state index in [4.69, 9.17) is 4.98 Å². The fourth-order valence-corrected chi connectivity index (χ4v) is 3.37. The van der Waals surface area contributed by atoms with E-state index in [1.165, 1.54) is 48.1 Å². The number of rotatable bonds is 5. The van der Waals surface area contributed by atoms with Crippen molar-refractivity contribution in [1.29, 1.82) is 0 Å². The minimum absolute atomic E-state index is 0.882. The number of piperidine rings is 1.